The zero-order valence-corrected chi connectivity index (χ0v) is 14.6. The third kappa shape index (κ3) is 5.94. The number of amides is 3. The Labute approximate surface area is 151 Å². The largest absolute Gasteiger partial charge is 0.484 e. The lowest BCUT2D eigenvalue weighted by atomic mass is 10.2. The van der Waals surface area contributed by atoms with Crippen LogP contribution in [0.4, 0.5) is 0 Å². The van der Waals surface area contributed by atoms with Gasteiger partial charge < -0.3 is 10.1 Å². The summed E-state index contributed by atoms with van der Waals surface area (Å²) in [6.07, 6.45) is 0. The average molecular weight is 355 g/mol. The molecule has 0 saturated carbocycles. The SMILES string of the molecule is Cc1ccc(OCC(=O)NNC(=O)C(C)NC(=O)c2ccccc2)cc1. The molecule has 0 fully saturated rings. The molecule has 0 aliphatic rings. The van der Waals surface area contributed by atoms with Crippen LogP contribution in [0.2, 0.25) is 0 Å². The van der Waals surface area contributed by atoms with E-state index < -0.39 is 17.9 Å². The fourth-order valence-electron chi connectivity index (χ4n) is 1.99. The first kappa shape index (κ1) is 19.0. The fourth-order valence-corrected chi connectivity index (χ4v) is 1.99. The number of nitrogens with one attached hydrogen (secondary N) is 3. The molecule has 0 aliphatic carbocycles. The second-order valence-corrected chi connectivity index (χ2v) is 5.70. The van der Waals surface area contributed by atoms with Crippen LogP contribution in [0, 0.1) is 6.92 Å². The molecule has 2 aromatic rings. The van der Waals surface area contributed by atoms with Crippen LogP contribution < -0.4 is 20.9 Å². The lowest BCUT2D eigenvalue weighted by Gasteiger charge is -2.15. The van der Waals surface area contributed by atoms with Crippen LogP contribution in [0.15, 0.2) is 54.6 Å². The highest BCUT2D eigenvalue weighted by atomic mass is 16.5. The molecule has 1 atom stereocenters. The van der Waals surface area contributed by atoms with E-state index in [1.54, 1.807) is 42.5 Å². The highest BCUT2D eigenvalue weighted by Crippen LogP contribution is 2.10. The lowest BCUT2D eigenvalue weighted by Crippen LogP contribution is -2.51. The number of hydrazine groups is 1. The van der Waals surface area contributed by atoms with Gasteiger partial charge in [-0.15, -0.1) is 0 Å². The van der Waals surface area contributed by atoms with Crippen molar-refractivity contribution in [1.82, 2.24) is 16.2 Å². The van der Waals surface area contributed by atoms with Gasteiger partial charge in [0.2, 0.25) is 0 Å². The van der Waals surface area contributed by atoms with Crippen LogP contribution in [0.5, 0.6) is 5.75 Å². The molecule has 7 heteroatoms. The molecular weight excluding hydrogens is 334 g/mol. The summed E-state index contributed by atoms with van der Waals surface area (Å²) in [5, 5.41) is 2.55. The van der Waals surface area contributed by atoms with E-state index in [4.69, 9.17) is 4.74 Å². The molecule has 0 bridgehead atoms. The van der Waals surface area contributed by atoms with E-state index in [0.717, 1.165) is 5.56 Å². The van der Waals surface area contributed by atoms with Crippen molar-refractivity contribution in [2.24, 2.45) is 0 Å². The standard InChI is InChI=1S/C19H21N3O4/c1-13-8-10-16(11-9-13)26-12-17(23)21-22-18(24)14(2)20-19(25)15-6-4-3-5-7-15/h3-11,14H,12H2,1-2H3,(H,20,25)(H,21,23)(H,22,24). The van der Waals surface area contributed by atoms with E-state index in [1.165, 1.54) is 6.92 Å². The van der Waals surface area contributed by atoms with Gasteiger partial charge in [0, 0.05) is 5.56 Å². The zero-order valence-electron chi connectivity index (χ0n) is 14.6. The summed E-state index contributed by atoms with van der Waals surface area (Å²) in [6, 6.07) is 15.0. The number of carbonyl (C=O) groups is 3. The molecule has 2 aromatic carbocycles. The van der Waals surface area contributed by atoms with Gasteiger partial charge in [0.1, 0.15) is 11.8 Å². The minimum absolute atomic E-state index is 0.242. The van der Waals surface area contributed by atoms with E-state index in [-0.39, 0.29) is 12.5 Å². The molecule has 0 radical (unpaired) electrons. The summed E-state index contributed by atoms with van der Waals surface area (Å²) in [7, 11) is 0. The summed E-state index contributed by atoms with van der Waals surface area (Å²) in [6.45, 7) is 3.23. The first-order chi connectivity index (χ1) is 12.5. The van der Waals surface area contributed by atoms with E-state index in [1.807, 2.05) is 19.1 Å². The maximum absolute atomic E-state index is 12.0. The number of carbonyl (C=O) groups excluding carboxylic acids is 3. The number of aryl methyl sites for hydroxylation is 1. The Hall–Kier alpha value is -3.35. The third-order valence-electron chi connectivity index (χ3n) is 3.49. The molecule has 136 valence electrons. The van der Waals surface area contributed by atoms with Crippen LogP contribution in [-0.4, -0.2) is 30.4 Å². The van der Waals surface area contributed by atoms with Crippen molar-refractivity contribution >= 4 is 17.7 Å². The van der Waals surface area contributed by atoms with Gasteiger partial charge in [-0.25, -0.2) is 0 Å². The number of hydrogen-bond donors (Lipinski definition) is 3. The van der Waals surface area contributed by atoms with E-state index in [2.05, 4.69) is 16.2 Å². The summed E-state index contributed by atoms with van der Waals surface area (Å²) in [4.78, 5) is 35.6. The molecule has 0 spiro atoms. The Morgan fingerprint density at radius 1 is 0.962 bits per heavy atom. The fraction of sp³-hybridized carbons (Fsp3) is 0.211. The summed E-state index contributed by atoms with van der Waals surface area (Å²) < 4.78 is 5.30. The molecule has 1 unspecified atom stereocenters. The van der Waals surface area contributed by atoms with E-state index in [9.17, 15) is 14.4 Å². The Bertz CT molecular complexity index is 760. The van der Waals surface area contributed by atoms with Gasteiger partial charge in [-0.1, -0.05) is 35.9 Å². The molecule has 26 heavy (non-hydrogen) atoms. The minimum Gasteiger partial charge on any atom is -0.484 e. The van der Waals surface area contributed by atoms with Crippen LogP contribution in [0.1, 0.15) is 22.8 Å². The van der Waals surface area contributed by atoms with Crippen LogP contribution in [0.25, 0.3) is 0 Å². The Morgan fingerprint density at radius 2 is 1.62 bits per heavy atom. The molecule has 2 rings (SSSR count). The van der Waals surface area contributed by atoms with Crippen molar-refractivity contribution < 1.29 is 19.1 Å². The monoisotopic (exact) mass is 355 g/mol. The lowest BCUT2D eigenvalue weighted by molar-refractivity contribution is -0.130. The van der Waals surface area contributed by atoms with Crippen molar-refractivity contribution in [3.63, 3.8) is 0 Å². The summed E-state index contributed by atoms with van der Waals surface area (Å²) >= 11 is 0. The van der Waals surface area contributed by atoms with Crippen molar-refractivity contribution in [3.8, 4) is 5.75 Å². The van der Waals surface area contributed by atoms with Crippen molar-refractivity contribution in [2.45, 2.75) is 19.9 Å². The number of rotatable bonds is 6. The molecular formula is C19H21N3O4. The highest BCUT2D eigenvalue weighted by molar-refractivity contribution is 5.97. The van der Waals surface area contributed by atoms with E-state index >= 15 is 0 Å². The van der Waals surface area contributed by atoms with Gasteiger partial charge in [0.05, 0.1) is 0 Å². The molecule has 0 aliphatic heterocycles. The predicted octanol–water partition coefficient (Wildman–Crippen LogP) is 1.34. The molecule has 7 nitrogen and oxygen atoms in total. The molecule has 0 saturated heterocycles. The Balaban J connectivity index is 1.72. The van der Waals surface area contributed by atoms with E-state index in [0.29, 0.717) is 11.3 Å². The molecule has 0 aromatic heterocycles. The second-order valence-electron chi connectivity index (χ2n) is 5.70. The van der Waals surface area contributed by atoms with Gasteiger partial charge in [0.15, 0.2) is 6.61 Å². The maximum Gasteiger partial charge on any atom is 0.276 e. The Kier molecular flexibility index (Phi) is 6.73. The van der Waals surface area contributed by atoms with Gasteiger partial charge in [-0.2, -0.15) is 0 Å². The smallest absolute Gasteiger partial charge is 0.276 e. The second kappa shape index (κ2) is 9.22. The van der Waals surface area contributed by atoms with Crippen LogP contribution in [0.3, 0.4) is 0 Å². The normalized spacial score (nSPS) is 11.2. The topological polar surface area (TPSA) is 96.5 Å². The van der Waals surface area contributed by atoms with Crippen molar-refractivity contribution in [3.05, 3.63) is 65.7 Å². The average Bonchev–Trinajstić information content (AvgIpc) is 2.66. The van der Waals surface area contributed by atoms with Crippen LogP contribution >= 0.6 is 0 Å². The number of hydrogen-bond acceptors (Lipinski definition) is 4. The van der Waals surface area contributed by atoms with Gasteiger partial charge >= 0.3 is 0 Å². The maximum atomic E-state index is 12.0. The number of benzene rings is 2. The van der Waals surface area contributed by atoms with Gasteiger partial charge in [-0.05, 0) is 38.1 Å². The third-order valence-corrected chi connectivity index (χ3v) is 3.49. The quantitative estimate of drug-likeness (QED) is 0.681. The van der Waals surface area contributed by atoms with Gasteiger partial charge in [-0.3, -0.25) is 25.2 Å². The minimum atomic E-state index is -0.818. The molecule has 0 heterocycles. The first-order valence-electron chi connectivity index (χ1n) is 8.10. The highest BCUT2D eigenvalue weighted by Gasteiger charge is 2.17. The Morgan fingerprint density at radius 3 is 2.27 bits per heavy atom. The van der Waals surface area contributed by atoms with Crippen molar-refractivity contribution in [2.75, 3.05) is 6.61 Å². The van der Waals surface area contributed by atoms with Crippen LogP contribution in [-0.2, 0) is 9.59 Å². The summed E-state index contributed by atoms with van der Waals surface area (Å²) in [5.41, 5.74) is 6.03. The predicted molar refractivity (Wildman–Crippen MR) is 96.3 cm³/mol. The number of ether oxygens (including phenoxy) is 1. The van der Waals surface area contributed by atoms with Gasteiger partial charge in [0.25, 0.3) is 17.7 Å². The first-order valence-corrected chi connectivity index (χ1v) is 8.10. The zero-order chi connectivity index (χ0) is 18.9. The summed E-state index contributed by atoms with van der Waals surface area (Å²) in [5.74, 6) is -0.874. The van der Waals surface area contributed by atoms with Crippen molar-refractivity contribution in [1.29, 1.82) is 0 Å². The molecule has 3 N–H and O–H groups in total. The molecule has 3 amide bonds.